The fraction of sp³-hybridized carbons (Fsp3) is 0.435. The lowest BCUT2D eigenvalue weighted by Crippen LogP contribution is -2.46. The van der Waals surface area contributed by atoms with Crippen molar-refractivity contribution in [1.29, 1.82) is 0 Å². The molecular weight excluding hydrogens is 452 g/mol. The predicted octanol–water partition coefficient (Wildman–Crippen LogP) is 4.03. The highest BCUT2D eigenvalue weighted by Gasteiger charge is 2.34. The van der Waals surface area contributed by atoms with E-state index >= 15 is 0 Å². The average molecular weight is 481 g/mol. The molecule has 2 atom stereocenters. The lowest BCUT2D eigenvalue weighted by Gasteiger charge is -2.32. The SMILES string of the molecule is CC[C@@H](NC(=O)[C@H]1CCCN(S(=O)(=O)c2ccc(Cl)cc2)C1)c1ccc(OC)c(OC)c1. The first-order valence-electron chi connectivity index (χ1n) is 10.6. The summed E-state index contributed by atoms with van der Waals surface area (Å²) < 4.78 is 38.1. The van der Waals surface area contributed by atoms with Gasteiger partial charge in [-0.15, -0.1) is 0 Å². The van der Waals surface area contributed by atoms with Crippen LogP contribution in [0.1, 0.15) is 37.8 Å². The largest absolute Gasteiger partial charge is 0.493 e. The first-order chi connectivity index (χ1) is 15.3. The molecule has 1 saturated heterocycles. The lowest BCUT2D eigenvalue weighted by molar-refractivity contribution is -0.126. The number of carbonyl (C=O) groups is 1. The summed E-state index contributed by atoms with van der Waals surface area (Å²) in [6.45, 7) is 2.53. The molecule has 174 valence electrons. The topological polar surface area (TPSA) is 84.9 Å². The summed E-state index contributed by atoms with van der Waals surface area (Å²) in [6.07, 6.45) is 1.94. The first-order valence-corrected chi connectivity index (χ1v) is 12.4. The normalized spacial score (nSPS) is 18.1. The van der Waals surface area contributed by atoms with Crippen molar-refractivity contribution in [3.8, 4) is 11.5 Å². The molecular formula is C23H29ClN2O5S. The van der Waals surface area contributed by atoms with Crippen LogP contribution in [0.25, 0.3) is 0 Å². The number of nitrogens with zero attached hydrogens (tertiary/aromatic N) is 1. The third-order valence-corrected chi connectivity index (χ3v) is 7.87. The molecule has 0 saturated carbocycles. The van der Waals surface area contributed by atoms with E-state index in [0.717, 1.165) is 5.56 Å². The van der Waals surface area contributed by atoms with Gasteiger partial charge >= 0.3 is 0 Å². The molecule has 7 nitrogen and oxygen atoms in total. The molecule has 9 heteroatoms. The van der Waals surface area contributed by atoms with Gasteiger partial charge in [-0.3, -0.25) is 4.79 Å². The highest BCUT2D eigenvalue weighted by Crippen LogP contribution is 2.31. The molecule has 0 aliphatic carbocycles. The molecule has 0 unspecified atom stereocenters. The Morgan fingerprint density at radius 1 is 1.16 bits per heavy atom. The number of amides is 1. The summed E-state index contributed by atoms with van der Waals surface area (Å²) >= 11 is 5.88. The van der Waals surface area contributed by atoms with Gasteiger partial charge in [-0.2, -0.15) is 4.31 Å². The summed E-state index contributed by atoms with van der Waals surface area (Å²) in [6, 6.07) is 11.4. The van der Waals surface area contributed by atoms with Crippen molar-refractivity contribution in [1.82, 2.24) is 9.62 Å². The average Bonchev–Trinajstić information content (AvgIpc) is 2.82. The minimum absolute atomic E-state index is 0.150. The number of ether oxygens (including phenoxy) is 2. The Labute approximate surface area is 194 Å². The lowest BCUT2D eigenvalue weighted by atomic mass is 9.97. The number of nitrogens with one attached hydrogen (secondary N) is 1. The molecule has 1 fully saturated rings. The maximum Gasteiger partial charge on any atom is 0.243 e. The fourth-order valence-electron chi connectivity index (χ4n) is 3.91. The van der Waals surface area contributed by atoms with Crippen molar-refractivity contribution in [2.45, 2.75) is 37.1 Å². The number of piperidine rings is 1. The molecule has 3 rings (SSSR count). The highest BCUT2D eigenvalue weighted by atomic mass is 35.5. The monoisotopic (exact) mass is 480 g/mol. The quantitative estimate of drug-likeness (QED) is 0.616. The van der Waals surface area contributed by atoms with Crippen molar-refractivity contribution in [2.75, 3.05) is 27.3 Å². The molecule has 1 aliphatic heterocycles. The summed E-state index contributed by atoms with van der Waals surface area (Å²) in [5, 5.41) is 3.56. The molecule has 0 aromatic heterocycles. The molecule has 0 spiro atoms. The van der Waals surface area contributed by atoms with E-state index in [1.165, 1.54) is 16.4 Å². The van der Waals surface area contributed by atoms with E-state index in [9.17, 15) is 13.2 Å². The van der Waals surface area contributed by atoms with Crippen LogP contribution in [0.15, 0.2) is 47.4 Å². The zero-order valence-corrected chi connectivity index (χ0v) is 20.1. The molecule has 32 heavy (non-hydrogen) atoms. The maximum absolute atomic E-state index is 13.1. The van der Waals surface area contributed by atoms with Crippen LogP contribution in [0, 0.1) is 5.92 Å². The van der Waals surface area contributed by atoms with E-state index in [4.69, 9.17) is 21.1 Å². The summed E-state index contributed by atoms with van der Waals surface area (Å²) in [7, 11) is -0.543. The van der Waals surface area contributed by atoms with E-state index in [1.54, 1.807) is 26.4 Å². The Hall–Kier alpha value is -2.29. The number of methoxy groups -OCH3 is 2. The van der Waals surface area contributed by atoms with Gasteiger partial charge < -0.3 is 14.8 Å². The number of hydrogen-bond acceptors (Lipinski definition) is 5. The van der Waals surface area contributed by atoms with E-state index in [1.807, 2.05) is 25.1 Å². The van der Waals surface area contributed by atoms with Crippen molar-refractivity contribution in [3.05, 3.63) is 53.1 Å². The second kappa shape index (κ2) is 10.6. The zero-order valence-electron chi connectivity index (χ0n) is 18.5. The van der Waals surface area contributed by atoms with Gasteiger partial charge in [0.2, 0.25) is 15.9 Å². The number of halogens is 1. The minimum Gasteiger partial charge on any atom is -0.493 e. The van der Waals surface area contributed by atoms with Gasteiger partial charge in [-0.05, 0) is 61.2 Å². The maximum atomic E-state index is 13.1. The smallest absolute Gasteiger partial charge is 0.243 e. The molecule has 2 aromatic carbocycles. The Kier molecular flexibility index (Phi) is 8.03. The van der Waals surface area contributed by atoms with Gasteiger partial charge in [0.1, 0.15) is 0 Å². The van der Waals surface area contributed by atoms with Gasteiger partial charge in [-0.1, -0.05) is 24.6 Å². The fourth-order valence-corrected chi connectivity index (χ4v) is 5.56. The summed E-state index contributed by atoms with van der Waals surface area (Å²) in [5.41, 5.74) is 0.903. The standard InChI is InChI=1S/C23H29ClN2O5S/c1-4-20(16-7-12-21(30-2)22(14-16)31-3)25-23(27)17-6-5-13-26(15-17)32(28,29)19-10-8-18(24)9-11-19/h7-12,14,17,20H,4-6,13,15H2,1-3H3,(H,25,27)/t17-,20+/m0/s1. The van der Waals surface area contributed by atoms with Crippen molar-refractivity contribution < 1.29 is 22.7 Å². The van der Waals surface area contributed by atoms with Crippen LogP contribution >= 0.6 is 11.6 Å². The highest BCUT2D eigenvalue weighted by molar-refractivity contribution is 7.89. The third kappa shape index (κ3) is 5.36. The number of rotatable bonds is 8. The Morgan fingerprint density at radius 2 is 1.84 bits per heavy atom. The van der Waals surface area contributed by atoms with Gasteiger partial charge in [-0.25, -0.2) is 8.42 Å². The second-order valence-electron chi connectivity index (χ2n) is 7.74. The molecule has 1 aliphatic rings. The molecule has 0 bridgehead atoms. The Bertz CT molecular complexity index is 1040. The summed E-state index contributed by atoms with van der Waals surface area (Å²) in [4.78, 5) is 13.2. The first kappa shape index (κ1) is 24.4. The van der Waals surface area contributed by atoms with Gasteiger partial charge in [0.05, 0.1) is 31.1 Å². The number of carbonyl (C=O) groups excluding carboxylic acids is 1. The van der Waals surface area contributed by atoms with Crippen LogP contribution in [0.2, 0.25) is 5.02 Å². The molecule has 1 N–H and O–H groups in total. The van der Waals surface area contributed by atoms with Crippen LogP contribution < -0.4 is 14.8 Å². The van der Waals surface area contributed by atoms with E-state index in [2.05, 4.69) is 5.32 Å². The van der Waals surface area contributed by atoms with E-state index in [0.29, 0.717) is 42.3 Å². The van der Waals surface area contributed by atoms with Gasteiger partial charge in [0.25, 0.3) is 0 Å². The van der Waals surface area contributed by atoms with Crippen LogP contribution in [0.3, 0.4) is 0 Å². The zero-order chi connectivity index (χ0) is 23.3. The second-order valence-corrected chi connectivity index (χ2v) is 10.1. The van der Waals surface area contributed by atoms with Crippen LogP contribution in [0.5, 0.6) is 11.5 Å². The number of benzene rings is 2. The van der Waals surface area contributed by atoms with E-state index in [-0.39, 0.29) is 23.4 Å². The van der Waals surface area contributed by atoms with Crippen molar-refractivity contribution in [2.24, 2.45) is 5.92 Å². The molecule has 0 radical (unpaired) electrons. The Morgan fingerprint density at radius 3 is 2.47 bits per heavy atom. The predicted molar refractivity (Wildman–Crippen MR) is 124 cm³/mol. The van der Waals surface area contributed by atoms with Gasteiger partial charge in [0.15, 0.2) is 11.5 Å². The minimum atomic E-state index is -3.68. The van der Waals surface area contributed by atoms with Crippen LogP contribution in [-0.4, -0.2) is 45.9 Å². The van der Waals surface area contributed by atoms with E-state index < -0.39 is 15.9 Å². The Balaban J connectivity index is 1.72. The van der Waals surface area contributed by atoms with Gasteiger partial charge in [0, 0.05) is 18.1 Å². The molecule has 2 aromatic rings. The van der Waals surface area contributed by atoms with Crippen molar-refractivity contribution in [3.63, 3.8) is 0 Å². The molecule has 1 heterocycles. The van der Waals surface area contributed by atoms with Crippen molar-refractivity contribution >= 4 is 27.5 Å². The third-order valence-electron chi connectivity index (χ3n) is 5.74. The molecule has 1 amide bonds. The summed E-state index contributed by atoms with van der Waals surface area (Å²) in [5.74, 6) is 0.644. The van der Waals surface area contributed by atoms with Crippen LogP contribution in [0.4, 0.5) is 0 Å². The number of hydrogen-bond donors (Lipinski definition) is 1. The van der Waals surface area contributed by atoms with Crippen LogP contribution in [-0.2, 0) is 14.8 Å². The number of sulfonamides is 1.